The van der Waals surface area contributed by atoms with Gasteiger partial charge in [-0.2, -0.15) is 0 Å². The summed E-state index contributed by atoms with van der Waals surface area (Å²) in [5.74, 6) is -0.348. The van der Waals surface area contributed by atoms with Gasteiger partial charge in [-0.25, -0.2) is 4.98 Å². The van der Waals surface area contributed by atoms with E-state index in [4.69, 9.17) is 11.6 Å². The predicted octanol–water partition coefficient (Wildman–Crippen LogP) is 5.51. The number of thiazole rings is 1. The fourth-order valence-corrected chi connectivity index (χ4v) is 5.82. The zero-order valence-corrected chi connectivity index (χ0v) is 19.9. The first kappa shape index (κ1) is 22.0. The van der Waals surface area contributed by atoms with Crippen molar-refractivity contribution in [2.75, 3.05) is 22.6 Å². The van der Waals surface area contributed by atoms with Crippen LogP contribution >= 0.6 is 57.8 Å². The van der Waals surface area contributed by atoms with Crippen LogP contribution in [0.1, 0.15) is 10.4 Å². The van der Waals surface area contributed by atoms with Gasteiger partial charge in [-0.3, -0.25) is 14.9 Å². The quantitative estimate of drug-likeness (QED) is 0.251. The summed E-state index contributed by atoms with van der Waals surface area (Å²) in [6, 6.07) is 12.4. The summed E-state index contributed by atoms with van der Waals surface area (Å²) in [6.45, 7) is 0. The maximum absolute atomic E-state index is 12.3. The van der Waals surface area contributed by atoms with Gasteiger partial charge in [0.1, 0.15) is 0 Å². The number of thioether (sulfide) groups is 2. The highest BCUT2D eigenvalue weighted by atomic mass is 35.5. The summed E-state index contributed by atoms with van der Waals surface area (Å²) < 4.78 is 2.59. The SMILES string of the molecule is CSc1nc2ccc(NC(=O)CSc3nnc(NC(=O)c4ccccc4Cl)s3)cc2s1. The monoisotopic (exact) mass is 507 g/mol. The van der Waals surface area contributed by atoms with Crippen molar-refractivity contribution in [3.8, 4) is 0 Å². The summed E-state index contributed by atoms with van der Waals surface area (Å²) in [7, 11) is 0. The molecule has 0 aliphatic carbocycles. The van der Waals surface area contributed by atoms with Crippen LogP contribution in [0.2, 0.25) is 5.02 Å². The van der Waals surface area contributed by atoms with E-state index in [1.807, 2.05) is 24.5 Å². The van der Waals surface area contributed by atoms with Crippen molar-refractivity contribution in [3.05, 3.63) is 53.1 Å². The van der Waals surface area contributed by atoms with E-state index in [1.54, 1.807) is 47.4 Å². The number of aromatic nitrogens is 3. The molecule has 0 unspecified atom stereocenters. The van der Waals surface area contributed by atoms with Gasteiger partial charge in [0.15, 0.2) is 8.68 Å². The molecule has 2 aromatic heterocycles. The van der Waals surface area contributed by atoms with Crippen molar-refractivity contribution < 1.29 is 9.59 Å². The summed E-state index contributed by atoms with van der Waals surface area (Å²) in [5, 5.41) is 14.2. The van der Waals surface area contributed by atoms with Gasteiger partial charge in [0, 0.05) is 5.69 Å². The van der Waals surface area contributed by atoms with Crippen LogP contribution in [0.5, 0.6) is 0 Å². The van der Waals surface area contributed by atoms with E-state index in [1.165, 1.54) is 23.1 Å². The van der Waals surface area contributed by atoms with E-state index in [9.17, 15) is 9.59 Å². The molecule has 0 bridgehead atoms. The van der Waals surface area contributed by atoms with Crippen molar-refractivity contribution in [1.29, 1.82) is 0 Å². The summed E-state index contributed by atoms with van der Waals surface area (Å²) >= 11 is 11.7. The number of nitrogens with one attached hydrogen (secondary N) is 2. The first-order valence-corrected chi connectivity index (χ1v) is 13.0. The second kappa shape index (κ2) is 9.96. The van der Waals surface area contributed by atoms with Gasteiger partial charge >= 0.3 is 0 Å². The van der Waals surface area contributed by atoms with E-state index < -0.39 is 0 Å². The zero-order chi connectivity index (χ0) is 21.8. The highest BCUT2D eigenvalue weighted by Gasteiger charge is 2.14. The van der Waals surface area contributed by atoms with E-state index in [2.05, 4.69) is 25.8 Å². The van der Waals surface area contributed by atoms with Gasteiger partial charge in [0.25, 0.3) is 5.91 Å². The maximum atomic E-state index is 12.3. The molecule has 0 atom stereocenters. The minimum absolute atomic E-state index is 0.157. The molecular weight excluding hydrogens is 494 g/mol. The summed E-state index contributed by atoms with van der Waals surface area (Å²) in [6.07, 6.45) is 1.98. The molecular formula is C19H14ClN5O2S4. The van der Waals surface area contributed by atoms with Crippen LogP contribution in [0.4, 0.5) is 10.8 Å². The number of nitrogens with zero attached hydrogens (tertiary/aromatic N) is 3. The van der Waals surface area contributed by atoms with Gasteiger partial charge < -0.3 is 5.32 Å². The van der Waals surface area contributed by atoms with Gasteiger partial charge in [0.2, 0.25) is 11.0 Å². The molecule has 2 N–H and O–H groups in total. The molecule has 0 saturated heterocycles. The number of fused-ring (bicyclic) bond motifs is 1. The second-order valence-corrected chi connectivity index (χ2v) is 10.7. The average Bonchev–Trinajstić information content (AvgIpc) is 3.38. The first-order valence-electron chi connectivity index (χ1n) is 8.78. The Morgan fingerprint density at radius 2 is 1.90 bits per heavy atom. The Hall–Kier alpha value is -2.18. The van der Waals surface area contributed by atoms with E-state index >= 15 is 0 Å². The van der Waals surface area contributed by atoms with Crippen LogP contribution in [0, 0.1) is 0 Å². The predicted molar refractivity (Wildman–Crippen MR) is 130 cm³/mol. The van der Waals surface area contributed by atoms with Crippen molar-refractivity contribution in [1.82, 2.24) is 15.2 Å². The summed E-state index contributed by atoms with van der Waals surface area (Å²) in [5.41, 5.74) is 2.00. The van der Waals surface area contributed by atoms with Gasteiger partial charge in [-0.05, 0) is 36.6 Å². The van der Waals surface area contributed by atoms with E-state index in [0.717, 1.165) is 20.2 Å². The Bertz CT molecular complexity index is 1260. The van der Waals surface area contributed by atoms with Gasteiger partial charge in [0.05, 0.1) is 26.6 Å². The van der Waals surface area contributed by atoms with Crippen molar-refractivity contribution in [3.63, 3.8) is 0 Å². The van der Waals surface area contributed by atoms with Crippen molar-refractivity contribution >= 4 is 90.6 Å². The minimum atomic E-state index is -0.362. The molecule has 4 aromatic rings. The number of halogens is 1. The lowest BCUT2D eigenvalue weighted by molar-refractivity contribution is -0.113. The number of benzene rings is 2. The Kier molecular flexibility index (Phi) is 7.08. The van der Waals surface area contributed by atoms with Crippen LogP contribution in [0.3, 0.4) is 0 Å². The molecule has 0 aliphatic rings. The molecule has 31 heavy (non-hydrogen) atoms. The lowest BCUT2D eigenvalue weighted by Gasteiger charge is -2.04. The number of carbonyl (C=O) groups is 2. The first-order chi connectivity index (χ1) is 15.0. The standard InChI is InChI=1S/C19H14ClN5O2S4/c1-28-18-22-13-7-6-10(8-14(13)30-18)21-15(26)9-29-19-25-24-17(31-19)23-16(27)11-4-2-3-5-12(11)20/h2-8H,9H2,1H3,(H,21,26)(H,23,24,27). The molecule has 2 heterocycles. The summed E-state index contributed by atoms with van der Waals surface area (Å²) in [4.78, 5) is 29.1. The van der Waals surface area contributed by atoms with Crippen LogP contribution in [0.25, 0.3) is 10.2 Å². The van der Waals surface area contributed by atoms with Crippen LogP contribution < -0.4 is 10.6 Å². The molecule has 12 heteroatoms. The molecule has 0 aliphatic heterocycles. The van der Waals surface area contributed by atoms with Crippen LogP contribution in [0.15, 0.2) is 51.1 Å². The third-order valence-corrected chi connectivity index (χ3v) is 8.20. The molecule has 0 radical (unpaired) electrons. The normalized spacial score (nSPS) is 10.9. The molecule has 2 amide bonds. The number of anilines is 2. The molecule has 0 spiro atoms. The molecule has 158 valence electrons. The van der Waals surface area contributed by atoms with E-state index in [-0.39, 0.29) is 17.6 Å². The van der Waals surface area contributed by atoms with Gasteiger partial charge in [-0.15, -0.1) is 21.5 Å². The highest BCUT2D eigenvalue weighted by molar-refractivity contribution is 8.01. The average molecular weight is 508 g/mol. The number of hydrogen-bond acceptors (Lipinski definition) is 9. The van der Waals surface area contributed by atoms with Crippen LogP contribution in [-0.4, -0.2) is 39.0 Å². The topological polar surface area (TPSA) is 96.9 Å². The lowest BCUT2D eigenvalue weighted by Crippen LogP contribution is -2.13. The fourth-order valence-electron chi connectivity index (χ4n) is 2.52. The highest BCUT2D eigenvalue weighted by Crippen LogP contribution is 2.30. The van der Waals surface area contributed by atoms with Gasteiger partial charge in [-0.1, -0.05) is 58.6 Å². The molecule has 0 fully saturated rings. The van der Waals surface area contributed by atoms with Crippen molar-refractivity contribution in [2.45, 2.75) is 8.68 Å². The number of carbonyl (C=O) groups excluding carboxylic acids is 2. The number of amides is 2. The minimum Gasteiger partial charge on any atom is -0.325 e. The molecule has 0 saturated carbocycles. The molecule has 2 aromatic carbocycles. The second-order valence-electron chi connectivity index (χ2n) is 6.01. The maximum Gasteiger partial charge on any atom is 0.259 e. The Balaban J connectivity index is 1.31. The Morgan fingerprint density at radius 1 is 1.06 bits per heavy atom. The zero-order valence-electron chi connectivity index (χ0n) is 15.9. The lowest BCUT2D eigenvalue weighted by atomic mass is 10.2. The molecule has 4 rings (SSSR count). The van der Waals surface area contributed by atoms with Crippen molar-refractivity contribution in [2.24, 2.45) is 0 Å². The Labute approximate surface area is 199 Å². The molecule has 7 nitrogen and oxygen atoms in total. The Morgan fingerprint density at radius 3 is 2.71 bits per heavy atom. The number of hydrogen-bond donors (Lipinski definition) is 2. The van der Waals surface area contributed by atoms with E-state index in [0.29, 0.717) is 20.1 Å². The fraction of sp³-hybridized carbons (Fsp3) is 0.105. The number of rotatable bonds is 7. The largest absolute Gasteiger partial charge is 0.325 e. The third-order valence-electron chi connectivity index (χ3n) is 3.90. The van der Waals surface area contributed by atoms with Crippen LogP contribution in [-0.2, 0) is 4.79 Å². The smallest absolute Gasteiger partial charge is 0.259 e. The third kappa shape index (κ3) is 5.55.